The van der Waals surface area contributed by atoms with E-state index < -0.39 is 30.5 Å². The highest BCUT2D eigenvalue weighted by molar-refractivity contribution is 6.32. The molecule has 0 aromatic carbocycles. The Hall–Kier alpha value is -4.13. The molecule has 0 saturated heterocycles. The van der Waals surface area contributed by atoms with Gasteiger partial charge >= 0.3 is 6.18 Å². The Morgan fingerprint density at radius 1 is 1.16 bits per heavy atom. The second kappa shape index (κ2) is 10.1. The molecule has 0 radical (unpaired) electrons. The number of halogens is 4. The average molecular weight is 536 g/mol. The van der Waals surface area contributed by atoms with Gasteiger partial charge in [-0.2, -0.15) is 18.3 Å². The van der Waals surface area contributed by atoms with Gasteiger partial charge < -0.3 is 15.4 Å². The van der Waals surface area contributed by atoms with Crippen molar-refractivity contribution in [1.82, 2.24) is 29.7 Å². The van der Waals surface area contributed by atoms with Crippen molar-refractivity contribution in [2.75, 3.05) is 11.9 Å². The highest BCUT2D eigenvalue weighted by Crippen LogP contribution is 2.27. The van der Waals surface area contributed by atoms with Gasteiger partial charge in [-0.15, -0.1) is 5.10 Å². The van der Waals surface area contributed by atoms with Crippen LogP contribution in [0.15, 0.2) is 42.7 Å². The lowest BCUT2D eigenvalue weighted by Gasteiger charge is -2.17. The molecule has 4 aromatic heterocycles. The number of anilines is 1. The molecule has 14 heteroatoms. The highest BCUT2D eigenvalue weighted by atomic mass is 35.5. The van der Waals surface area contributed by atoms with Crippen LogP contribution in [0.3, 0.4) is 0 Å². The quantitative estimate of drug-likeness (QED) is 0.366. The number of pyridine rings is 2. The van der Waals surface area contributed by atoms with E-state index in [1.165, 1.54) is 23.0 Å². The van der Waals surface area contributed by atoms with Gasteiger partial charge in [0, 0.05) is 18.3 Å². The zero-order valence-corrected chi connectivity index (χ0v) is 20.6. The summed E-state index contributed by atoms with van der Waals surface area (Å²) in [5.74, 6) is -1.77. The number of amides is 2. The lowest BCUT2D eigenvalue weighted by molar-refractivity contribution is -0.154. The van der Waals surface area contributed by atoms with Gasteiger partial charge in [0.15, 0.2) is 18.1 Å². The summed E-state index contributed by atoms with van der Waals surface area (Å²) in [6.45, 7) is 3.64. The van der Waals surface area contributed by atoms with Crippen molar-refractivity contribution in [2.45, 2.75) is 33.0 Å². The Morgan fingerprint density at radius 3 is 2.59 bits per heavy atom. The number of nitrogens with zero attached hydrogens (tertiary/aromatic N) is 5. The van der Waals surface area contributed by atoms with Crippen LogP contribution in [0.25, 0.3) is 11.3 Å². The number of aryl methyl sites for hydroxylation is 1. The van der Waals surface area contributed by atoms with Gasteiger partial charge in [0.05, 0.1) is 22.4 Å². The van der Waals surface area contributed by atoms with E-state index >= 15 is 0 Å². The largest absolute Gasteiger partial charge is 0.467 e. The molecule has 0 bridgehead atoms. The number of hydrogen-bond acceptors (Lipinski definition) is 6. The Labute approximate surface area is 213 Å². The van der Waals surface area contributed by atoms with E-state index in [-0.39, 0.29) is 34.0 Å². The summed E-state index contributed by atoms with van der Waals surface area (Å²) in [6, 6.07) is 7.27. The van der Waals surface area contributed by atoms with Crippen molar-refractivity contribution < 1.29 is 27.5 Å². The van der Waals surface area contributed by atoms with Gasteiger partial charge in [0.1, 0.15) is 5.69 Å². The molecule has 0 aliphatic rings. The molecule has 0 unspecified atom stereocenters. The van der Waals surface area contributed by atoms with Crippen molar-refractivity contribution in [3.05, 3.63) is 64.7 Å². The summed E-state index contributed by atoms with van der Waals surface area (Å²) in [4.78, 5) is 30.6. The van der Waals surface area contributed by atoms with Gasteiger partial charge in [0.25, 0.3) is 11.8 Å². The molecular formula is C23H21ClF3N7O3. The molecule has 0 atom stereocenters. The van der Waals surface area contributed by atoms with Gasteiger partial charge in [0.2, 0.25) is 5.88 Å². The van der Waals surface area contributed by atoms with E-state index in [0.29, 0.717) is 11.1 Å². The second-order valence-corrected chi connectivity index (χ2v) is 8.70. The lowest BCUT2D eigenvalue weighted by Crippen LogP contribution is -2.33. The molecule has 0 saturated carbocycles. The first kappa shape index (κ1) is 25.9. The van der Waals surface area contributed by atoms with Crippen LogP contribution in [0.2, 0.25) is 5.02 Å². The first-order valence-electron chi connectivity index (χ1n) is 10.9. The fourth-order valence-electron chi connectivity index (χ4n) is 3.51. The standard InChI is InChI=1S/C23H21ClF3N7O3/c1-12(2)30-22(36)19-18(13(3)9-14-6-8-29-33(14)19)31-21(35)16-10-17(37-11-23(25,26)27)32-34(16)20-15(24)5-4-7-28-20/h4-10,12H,11H2,1-3H3,(H,30,36)(H,31,35). The molecule has 194 valence electrons. The van der Waals surface area contributed by atoms with Crippen molar-refractivity contribution >= 4 is 34.6 Å². The van der Waals surface area contributed by atoms with E-state index in [1.807, 2.05) is 0 Å². The number of alkyl halides is 3. The minimum Gasteiger partial charge on any atom is -0.467 e. The number of carbonyl (C=O) groups excluding carboxylic acids is 2. The molecule has 2 amide bonds. The summed E-state index contributed by atoms with van der Waals surface area (Å²) >= 11 is 6.21. The highest BCUT2D eigenvalue weighted by Gasteiger charge is 2.30. The number of aromatic nitrogens is 5. The smallest absolute Gasteiger partial charge is 0.422 e. The Balaban J connectivity index is 1.79. The van der Waals surface area contributed by atoms with E-state index in [9.17, 15) is 22.8 Å². The molecular weight excluding hydrogens is 515 g/mol. The monoisotopic (exact) mass is 535 g/mol. The number of carbonyl (C=O) groups is 2. The topological polar surface area (TPSA) is 115 Å². The number of nitrogens with one attached hydrogen (secondary N) is 2. The molecule has 10 nitrogen and oxygen atoms in total. The van der Waals surface area contributed by atoms with Crippen LogP contribution in [-0.4, -0.2) is 55.0 Å². The third-order valence-corrected chi connectivity index (χ3v) is 5.29. The maximum absolute atomic E-state index is 13.5. The lowest BCUT2D eigenvalue weighted by atomic mass is 10.1. The van der Waals surface area contributed by atoms with Crippen LogP contribution in [0, 0.1) is 6.92 Å². The fraction of sp³-hybridized carbons (Fsp3) is 0.261. The normalized spacial score (nSPS) is 11.7. The van der Waals surface area contributed by atoms with Gasteiger partial charge in [-0.3, -0.25) is 9.59 Å². The van der Waals surface area contributed by atoms with E-state index in [2.05, 4.69) is 25.8 Å². The maximum atomic E-state index is 13.5. The third kappa shape index (κ3) is 5.66. The summed E-state index contributed by atoms with van der Waals surface area (Å²) < 4.78 is 45.3. The van der Waals surface area contributed by atoms with Crippen LogP contribution in [-0.2, 0) is 0 Å². The van der Waals surface area contributed by atoms with E-state index in [0.717, 1.165) is 10.7 Å². The zero-order chi connectivity index (χ0) is 26.9. The number of rotatable bonds is 7. The van der Waals surface area contributed by atoms with Crippen molar-refractivity contribution in [1.29, 1.82) is 0 Å². The Kier molecular flexibility index (Phi) is 7.07. The Morgan fingerprint density at radius 2 is 1.92 bits per heavy atom. The number of hydrogen-bond donors (Lipinski definition) is 2. The molecule has 0 aliphatic heterocycles. The molecule has 0 spiro atoms. The van der Waals surface area contributed by atoms with Crippen LogP contribution in [0.5, 0.6) is 5.88 Å². The third-order valence-electron chi connectivity index (χ3n) is 5.00. The first-order chi connectivity index (χ1) is 17.4. The summed E-state index contributed by atoms with van der Waals surface area (Å²) in [6.07, 6.45) is -1.73. The van der Waals surface area contributed by atoms with Crippen LogP contribution in [0.4, 0.5) is 18.9 Å². The second-order valence-electron chi connectivity index (χ2n) is 8.29. The number of fused-ring (bicyclic) bond motifs is 1. The molecule has 0 aliphatic carbocycles. The molecule has 37 heavy (non-hydrogen) atoms. The summed E-state index contributed by atoms with van der Waals surface area (Å²) in [5.41, 5.74) is 1.16. The van der Waals surface area contributed by atoms with Crippen LogP contribution >= 0.6 is 11.6 Å². The summed E-state index contributed by atoms with van der Waals surface area (Å²) in [7, 11) is 0. The molecule has 2 N–H and O–H groups in total. The maximum Gasteiger partial charge on any atom is 0.422 e. The van der Waals surface area contributed by atoms with Crippen molar-refractivity contribution in [3.8, 4) is 11.7 Å². The Bertz CT molecular complexity index is 1480. The van der Waals surface area contributed by atoms with E-state index in [1.54, 1.807) is 39.0 Å². The predicted molar refractivity (Wildman–Crippen MR) is 128 cm³/mol. The molecule has 4 rings (SSSR count). The van der Waals surface area contributed by atoms with Crippen molar-refractivity contribution in [3.63, 3.8) is 0 Å². The van der Waals surface area contributed by atoms with E-state index in [4.69, 9.17) is 16.3 Å². The molecule has 4 heterocycles. The molecule has 0 fully saturated rings. The van der Waals surface area contributed by atoms with Crippen LogP contribution < -0.4 is 15.4 Å². The van der Waals surface area contributed by atoms with Crippen molar-refractivity contribution in [2.24, 2.45) is 0 Å². The number of ether oxygens (including phenoxy) is 1. The van der Waals surface area contributed by atoms with Crippen LogP contribution in [0.1, 0.15) is 40.4 Å². The van der Waals surface area contributed by atoms with Gasteiger partial charge in [-0.05, 0) is 50.6 Å². The first-order valence-corrected chi connectivity index (χ1v) is 11.3. The zero-order valence-electron chi connectivity index (χ0n) is 19.8. The minimum atomic E-state index is -4.62. The minimum absolute atomic E-state index is 0.00630. The average Bonchev–Trinajstić information content (AvgIpc) is 3.44. The SMILES string of the molecule is Cc1cc2ccnn2c(C(=O)NC(C)C)c1NC(=O)c1cc(OCC(F)(F)F)nn1-c1ncccc1Cl. The van der Waals surface area contributed by atoms with Gasteiger partial charge in [-0.25, -0.2) is 14.2 Å². The predicted octanol–water partition coefficient (Wildman–Crippen LogP) is 4.21. The fourth-order valence-corrected chi connectivity index (χ4v) is 3.72. The molecule has 4 aromatic rings. The van der Waals surface area contributed by atoms with Gasteiger partial charge in [-0.1, -0.05) is 11.6 Å². The summed E-state index contributed by atoms with van der Waals surface area (Å²) in [5, 5.41) is 13.7.